The van der Waals surface area contributed by atoms with Crippen LogP contribution in [0.25, 0.3) is 0 Å². The van der Waals surface area contributed by atoms with Crippen molar-refractivity contribution in [3.8, 4) is 0 Å². The average molecular weight is 287 g/mol. The van der Waals surface area contributed by atoms with E-state index in [1.807, 2.05) is 0 Å². The maximum Gasteiger partial charge on any atom is 0.338 e. The van der Waals surface area contributed by atoms with Gasteiger partial charge in [0.05, 0.1) is 17.1 Å². The van der Waals surface area contributed by atoms with E-state index >= 15 is 0 Å². The number of sulfone groups is 1. The number of carboxylic acid groups (broad SMARTS) is 1. The van der Waals surface area contributed by atoms with Crippen LogP contribution in [0, 0.1) is 5.92 Å². The van der Waals surface area contributed by atoms with Gasteiger partial charge in [-0.25, -0.2) is 13.2 Å². The van der Waals surface area contributed by atoms with Gasteiger partial charge in [0.1, 0.15) is 6.26 Å². The molecule has 0 bridgehead atoms. The Bertz CT molecular complexity index is 602. The number of hydrogen-bond acceptors (Lipinski definition) is 5. The van der Waals surface area contributed by atoms with Crippen molar-refractivity contribution in [1.29, 1.82) is 0 Å². The van der Waals surface area contributed by atoms with E-state index in [-0.39, 0.29) is 35.3 Å². The summed E-state index contributed by atoms with van der Waals surface area (Å²) in [5.74, 6) is -1.69. The van der Waals surface area contributed by atoms with E-state index in [2.05, 4.69) is 5.32 Å². The lowest BCUT2D eigenvalue weighted by Gasteiger charge is -2.07. The predicted molar refractivity (Wildman–Crippen MR) is 64.8 cm³/mol. The van der Waals surface area contributed by atoms with Crippen LogP contribution in [0.4, 0.5) is 0 Å². The lowest BCUT2D eigenvalue weighted by atomic mass is 10.1. The van der Waals surface area contributed by atoms with Crippen molar-refractivity contribution < 1.29 is 27.5 Å². The zero-order valence-corrected chi connectivity index (χ0v) is 10.8. The monoisotopic (exact) mass is 287 g/mol. The highest BCUT2D eigenvalue weighted by atomic mass is 32.2. The second-order valence-electron chi connectivity index (χ2n) is 4.48. The van der Waals surface area contributed by atoms with Gasteiger partial charge in [0.15, 0.2) is 15.6 Å². The molecule has 0 radical (unpaired) electrons. The molecule has 0 saturated carbocycles. The first kappa shape index (κ1) is 13.6. The first-order chi connectivity index (χ1) is 8.87. The van der Waals surface area contributed by atoms with Crippen LogP contribution in [-0.4, -0.2) is 43.5 Å². The van der Waals surface area contributed by atoms with Crippen LogP contribution in [0.3, 0.4) is 0 Å². The van der Waals surface area contributed by atoms with E-state index in [0.717, 1.165) is 12.3 Å². The standard InChI is InChI=1S/C11H13NO6S/c13-10(9-3-8(5-18-9)11(14)15)12-4-7-1-2-19(16,17)6-7/h3,5,7H,1-2,4,6H2,(H,12,13)(H,14,15). The summed E-state index contributed by atoms with van der Waals surface area (Å²) in [6, 6.07) is 1.13. The number of nitrogens with one attached hydrogen (secondary N) is 1. The third-order valence-electron chi connectivity index (χ3n) is 2.95. The van der Waals surface area contributed by atoms with Crippen LogP contribution in [0.2, 0.25) is 0 Å². The molecular formula is C11H13NO6S. The molecule has 1 aliphatic heterocycles. The van der Waals surface area contributed by atoms with Crippen molar-refractivity contribution in [3.05, 3.63) is 23.7 Å². The second kappa shape index (κ2) is 5.04. The van der Waals surface area contributed by atoms with Gasteiger partial charge in [-0.3, -0.25) is 4.79 Å². The number of rotatable bonds is 4. The Morgan fingerprint density at radius 1 is 1.47 bits per heavy atom. The zero-order chi connectivity index (χ0) is 14.0. The summed E-state index contributed by atoms with van der Waals surface area (Å²) < 4.78 is 27.3. The summed E-state index contributed by atoms with van der Waals surface area (Å²) in [6.07, 6.45) is 1.51. The third-order valence-corrected chi connectivity index (χ3v) is 4.79. The minimum Gasteiger partial charge on any atom is -0.478 e. The van der Waals surface area contributed by atoms with Crippen LogP contribution in [0.5, 0.6) is 0 Å². The van der Waals surface area contributed by atoms with E-state index in [9.17, 15) is 18.0 Å². The molecule has 1 amide bonds. The maximum absolute atomic E-state index is 11.7. The Kier molecular flexibility index (Phi) is 3.61. The number of amides is 1. The highest BCUT2D eigenvalue weighted by Crippen LogP contribution is 2.17. The summed E-state index contributed by atoms with van der Waals surface area (Å²) in [7, 11) is -2.97. The van der Waals surface area contributed by atoms with Crippen molar-refractivity contribution in [2.45, 2.75) is 6.42 Å². The molecule has 2 rings (SSSR count). The molecule has 1 fully saturated rings. The third kappa shape index (κ3) is 3.34. The largest absolute Gasteiger partial charge is 0.478 e. The predicted octanol–water partition coefficient (Wildman–Crippen LogP) is 0.142. The molecule has 2 N–H and O–H groups in total. The van der Waals surface area contributed by atoms with Gasteiger partial charge in [-0.1, -0.05) is 0 Å². The van der Waals surface area contributed by atoms with E-state index < -0.39 is 21.7 Å². The quantitative estimate of drug-likeness (QED) is 0.814. The van der Waals surface area contributed by atoms with E-state index in [1.54, 1.807) is 0 Å². The SMILES string of the molecule is O=C(O)c1coc(C(=O)NCC2CCS(=O)(=O)C2)c1. The molecule has 1 aliphatic rings. The van der Waals surface area contributed by atoms with Gasteiger partial charge in [0.2, 0.25) is 0 Å². The van der Waals surface area contributed by atoms with Gasteiger partial charge >= 0.3 is 5.97 Å². The molecule has 19 heavy (non-hydrogen) atoms. The molecule has 1 unspecified atom stereocenters. The highest BCUT2D eigenvalue weighted by molar-refractivity contribution is 7.91. The zero-order valence-electron chi connectivity index (χ0n) is 9.96. The molecule has 0 aliphatic carbocycles. The Labute approximate surface area is 109 Å². The minimum absolute atomic E-state index is 0.0752. The molecule has 0 spiro atoms. The summed E-state index contributed by atoms with van der Waals surface area (Å²) in [5, 5.41) is 11.2. The van der Waals surface area contributed by atoms with Gasteiger partial charge in [-0.05, 0) is 12.3 Å². The average Bonchev–Trinajstić information content (AvgIpc) is 2.92. The topological polar surface area (TPSA) is 114 Å². The van der Waals surface area contributed by atoms with Gasteiger partial charge < -0.3 is 14.8 Å². The molecule has 1 atom stereocenters. The normalized spacial score (nSPS) is 21.2. The van der Waals surface area contributed by atoms with Gasteiger partial charge in [0.25, 0.3) is 5.91 Å². The second-order valence-corrected chi connectivity index (χ2v) is 6.71. The fourth-order valence-electron chi connectivity index (χ4n) is 1.92. The number of aromatic carboxylic acids is 1. The highest BCUT2D eigenvalue weighted by Gasteiger charge is 2.28. The lowest BCUT2D eigenvalue weighted by molar-refractivity contribution is 0.0695. The molecular weight excluding hydrogens is 274 g/mol. The summed E-state index contributed by atoms with van der Waals surface area (Å²) in [5.41, 5.74) is -0.103. The smallest absolute Gasteiger partial charge is 0.338 e. The number of carbonyl (C=O) groups excluding carboxylic acids is 1. The molecule has 1 aromatic heterocycles. The summed E-state index contributed by atoms with van der Waals surface area (Å²) in [6.45, 7) is 0.237. The maximum atomic E-state index is 11.7. The van der Waals surface area contributed by atoms with Crippen molar-refractivity contribution in [3.63, 3.8) is 0 Å². The number of carbonyl (C=O) groups is 2. The van der Waals surface area contributed by atoms with Crippen molar-refractivity contribution in [2.75, 3.05) is 18.1 Å². The Balaban J connectivity index is 1.89. The van der Waals surface area contributed by atoms with Crippen LogP contribution in [0.1, 0.15) is 27.3 Å². The first-order valence-electron chi connectivity index (χ1n) is 5.68. The molecule has 0 aromatic carbocycles. The van der Waals surface area contributed by atoms with Gasteiger partial charge in [-0.15, -0.1) is 0 Å². The van der Waals surface area contributed by atoms with Crippen LogP contribution in [-0.2, 0) is 9.84 Å². The van der Waals surface area contributed by atoms with Crippen LogP contribution >= 0.6 is 0 Å². The van der Waals surface area contributed by atoms with Crippen LogP contribution in [0.15, 0.2) is 16.7 Å². The molecule has 1 aromatic rings. The number of furan rings is 1. The Morgan fingerprint density at radius 3 is 2.74 bits per heavy atom. The Morgan fingerprint density at radius 2 is 2.21 bits per heavy atom. The number of carboxylic acids is 1. The molecule has 7 nitrogen and oxygen atoms in total. The summed E-state index contributed by atoms with van der Waals surface area (Å²) >= 11 is 0. The number of hydrogen-bond donors (Lipinski definition) is 2. The van der Waals surface area contributed by atoms with E-state index in [4.69, 9.17) is 9.52 Å². The van der Waals surface area contributed by atoms with Gasteiger partial charge in [0, 0.05) is 12.6 Å². The fourth-order valence-corrected chi connectivity index (χ4v) is 3.79. The molecule has 2 heterocycles. The van der Waals surface area contributed by atoms with Crippen molar-refractivity contribution in [2.24, 2.45) is 5.92 Å². The van der Waals surface area contributed by atoms with E-state index in [0.29, 0.717) is 6.42 Å². The molecule has 104 valence electrons. The molecule has 1 saturated heterocycles. The Hall–Kier alpha value is -1.83. The van der Waals surface area contributed by atoms with Gasteiger partial charge in [-0.2, -0.15) is 0 Å². The van der Waals surface area contributed by atoms with Crippen molar-refractivity contribution in [1.82, 2.24) is 5.32 Å². The van der Waals surface area contributed by atoms with E-state index in [1.165, 1.54) is 0 Å². The van der Waals surface area contributed by atoms with Crippen molar-refractivity contribution >= 4 is 21.7 Å². The van der Waals surface area contributed by atoms with Crippen LogP contribution < -0.4 is 5.32 Å². The fraction of sp³-hybridized carbons (Fsp3) is 0.455. The lowest BCUT2D eigenvalue weighted by Crippen LogP contribution is -2.29. The molecule has 8 heteroatoms. The minimum atomic E-state index is -2.97. The first-order valence-corrected chi connectivity index (χ1v) is 7.50. The summed E-state index contributed by atoms with van der Waals surface area (Å²) in [4.78, 5) is 22.3.